The summed E-state index contributed by atoms with van der Waals surface area (Å²) in [6.45, 7) is 0. The second kappa shape index (κ2) is 8.90. The number of methoxy groups -OCH3 is 2. The molecule has 1 aromatic carbocycles. The number of hydrogen-bond acceptors (Lipinski definition) is 6. The predicted octanol–water partition coefficient (Wildman–Crippen LogP) is 3.29. The summed E-state index contributed by atoms with van der Waals surface area (Å²) in [4.78, 5) is 26.0. The van der Waals surface area contributed by atoms with Gasteiger partial charge in [0, 0.05) is 35.4 Å². The van der Waals surface area contributed by atoms with E-state index in [1.807, 2.05) is 36.5 Å². The Kier molecular flexibility index (Phi) is 5.88. The molecule has 3 aromatic rings. The molecule has 7 heteroatoms. The van der Waals surface area contributed by atoms with Gasteiger partial charge < -0.3 is 14.8 Å². The van der Waals surface area contributed by atoms with Crippen molar-refractivity contribution in [3.63, 3.8) is 0 Å². The summed E-state index contributed by atoms with van der Waals surface area (Å²) in [6, 6.07) is 9.23. The van der Waals surface area contributed by atoms with E-state index in [9.17, 15) is 4.79 Å². The summed E-state index contributed by atoms with van der Waals surface area (Å²) < 4.78 is 10.6. The number of pyridine rings is 1. The number of nitrogens with zero attached hydrogens (tertiary/aromatic N) is 3. The molecule has 7 nitrogen and oxygen atoms in total. The molecule has 1 amide bonds. The molecule has 0 spiro atoms. The summed E-state index contributed by atoms with van der Waals surface area (Å²) in [7, 11) is 3.17. The van der Waals surface area contributed by atoms with Gasteiger partial charge in [0.2, 0.25) is 5.91 Å². The number of aryl methyl sites for hydroxylation is 1. The Balaban J connectivity index is 1.48. The van der Waals surface area contributed by atoms with Crippen molar-refractivity contribution >= 4 is 5.91 Å². The van der Waals surface area contributed by atoms with Crippen LogP contribution in [-0.4, -0.2) is 35.1 Å². The number of fused-ring (bicyclic) bond motifs is 1. The highest BCUT2D eigenvalue weighted by molar-refractivity contribution is 5.79. The summed E-state index contributed by atoms with van der Waals surface area (Å²) in [6.07, 6.45) is 8.31. The molecule has 1 unspecified atom stereocenters. The van der Waals surface area contributed by atoms with Gasteiger partial charge >= 0.3 is 0 Å². The number of carbonyl (C=O) groups is 1. The minimum absolute atomic E-state index is 0.0433. The van der Waals surface area contributed by atoms with Crippen molar-refractivity contribution < 1.29 is 14.3 Å². The van der Waals surface area contributed by atoms with Crippen molar-refractivity contribution in [3.05, 3.63) is 65.7 Å². The molecule has 0 saturated heterocycles. The molecule has 1 N–H and O–H groups in total. The van der Waals surface area contributed by atoms with Gasteiger partial charge in [-0.1, -0.05) is 6.07 Å². The molecule has 154 valence electrons. The average Bonchev–Trinajstić information content (AvgIpc) is 2.79. The van der Waals surface area contributed by atoms with Gasteiger partial charge in [-0.2, -0.15) is 0 Å². The van der Waals surface area contributed by atoms with Crippen LogP contribution in [0.1, 0.15) is 35.7 Å². The summed E-state index contributed by atoms with van der Waals surface area (Å²) in [5.41, 5.74) is 3.80. The number of hydrogen-bond donors (Lipinski definition) is 1. The van der Waals surface area contributed by atoms with Gasteiger partial charge in [-0.05, 0) is 49.1 Å². The van der Waals surface area contributed by atoms with E-state index in [1.54, 1.807) is 26.6 Å². The van der Waals surface area contributed by atoms with Gasteiger partial charge in [0.25, 0.3) is 0 Å². The molecular formula is C23H24N4O3. The maximum Gasteiger partial charge on any atom is 0.224 e. The van der Waals surface area contributed by atoms with Gasteiger partial charge in [0.05, 0.1) is 26.7 Å². The lowest BCUT2D eigenvalue weighted by molar-refractivity contribution is -0.121. The van der Waals surface area contributed by atoms with Crippen molar-refractivity contribution in [2.75, 3.05) is 14.2 Å². The van der Waals surface area contributed by atoms with E-state index < -0.39 is 0 Å². The van der Waals surface area contributed by atoms with Gasteiger partial charge in [0.1, 0.15) is 0 Å². The molecule has 2 heterocycles. The van der Waals surface area contributed by atoms with Crippen LogP contribution in [0.15, 0.2) is 48.9 Å². The SMILES string of the molecule is COc1ccc(CC(=O)NC2CCCc3nc(-c4ccncc4)ncc32)cc1OC. The van der Waals surface area contributed by atoms with Crippen molar-refractivity contribution in [2.45, 2.75) is 31.7 Å². The van der Waals surface area contributed by atoms with Crippen molar-refractivity contribution in [1.29, 1.82) is 0 Å². The molecular weight excluding hydrogens is 380 g/mol. The average molecular weight is 404 g/mol. The second-order valence-electron chi connectivity index (χ2n) is 7.21. The molecule has 0 aliphatic heterocycles. The highest BCUT2D eigenvalue weighted by atomic mass is 16.5. The van der Waals surface area contributed by atoms with Crippen LogP contribution < -0.4 is 14.8 Å². The third-order valence-electron chi connectivity index (χ3n) is 5.27. The van der Waals surface area contributed by atoms with E-state index in [0.29, 0.717) is 17.3 Å². The van der Waals surface area contributed by atoms with E-state index >= 15 is 0 Å². The highest BCUT2D eigenvalue weighted by Gasteiger charge is 2.24. The van der Waals surface area contributed by atoms with Crippen molar-refractivity contribution in [1.82, 2.24) is 20.3 Å². The molecule has 2 aromatic heterocycles. The monoisotopic (exact) mass is 404 g/mol. The first-order valence-electron chi connectivity index (χ1n) is 9.94. The lowest BCUT2D eigenvalue weighted by Crippen LogP contribution is -2.32. The number of carbonyl (C=O) groups excluding carboxylic acids is 1. The molecule has 0 radical (unpaired) electrons. The van der Waals surface area contributed by atoms with Gasteiger partial charge in [-0.25, -0.2) is 9.97 Å². The van der Waals surface area contributed by atoms with E-state index in [-0.39, 0.29) is 18.4 Å². The van der Waals surface area contributed by atoms with Crippen LogP contribution in [0.25, 0.3) is 11.4 Å². The minimum atomic E-state index is -0.0760. The minimum Gasteiger partial charge on any atom is -0.493 e. The number of rotatable bonds is 6. The summed E-state index contributed by atoms with van der Waals surface area (Å²) >= 11 is 0. The fourth-order valence-corrected chi connectivity index (χ4v) is 3.76. The lowest BCUT2D eigenvalue weighted by Gasteiger charge is -2.25. The van der Waals surface area contributed by atoms with Crippen LogP contribution in [-0.2, 0) is 17.6 Å². The maximum absolute atomic E-state index is 12.7. The quantitative estimate of drug-likeness (QED) is 0.678. The predicted molar refractivity (Wildman–Crippen MR) is 112 cm³/mol. The first kappa shape index (κ1) is 19.8. The number of benzene rings is 1. The number of nitrogens with one attached hydrogen (secondary N) is 1. The fourth-order valence-electron chi connectivity index (χ4n) is 3.76. The zero-order valence-electron chi connectivity index (χ0n) is 17.1. The molecule has 1 atom stereocenters. The highest BCUT2D eigenvalue weighted by Crippen LogP contribution is 2.30. The Bertz CT molecular complexity index is 1040. The van der Waals surface area contributed by atoms with E-state index in [2.05, 4.69) is 15.3 Å². The summed E-state index contributed by atoms with van der Waals surface area (Å²) in [5.74, 6) is 1.90. The zero-order valence-corrected chi connectivity index (χ0v) is 17.1. The van der Waals surface area contributed by atoms with E-state index in [1.165, 1.54) is 0 Å². The third-order valence-corrected chi connectivity index (χ3v) is 5.27. The standard InChI is InChI=1S/C23H24N4O3/c1-29-20-7-6-15(12-21(20)30-2)13-22(28)26-18-4-3-5-19-17(18)14-25-23(27-19)16-8-10-24-11-9-16/h6-12,14,18H,3-5,13H2,1-2H3,(H,26,28). The summed E-state index contributed by atoms with van der Waals surface area (Å²) in [5, 5.41) is 3.15. The Morgan fingerprint density at radius 3 is 2.70 bits per heavy atom. The Morgan fingerprint density at radius 2 is 1.93 bits per heavy atom. The largest absolute Gasteiger partial charge is 0.493 e. The van der Waals surface area contributed by atoms with E-state index in [0.717, 1.165) is 41.6 Å². The van der Waals surface area contributed by atoms with Gasteiger partial charge in [-0.15, -0.1) is 0 Å². The Labute approximate surface area is 175 Å². The molecule has 1 aliphatic rings. The molecule has 4 rings (SSSR count). The van der Waals surface area contributed by atoms with Crippen LogP contribution in [0.2, 0.25) is 0 Å². The number of amides is 1. The van der Waals surface area contributed by atoms with Crippen LogP contribution in [0.3, 0.4) is 0 Å². The normalized spacial score (nSPS) is 15.2. The third kappa shape index (κ3) is 4.25. The number of aromatic nitrogens is 3. The smallest absolute Gasteiger partial charge is 0.224 e. The van der Waals surface area contributed by atoms with Gasteiger partial charge in [0.15, 0.2) is 17.3 Å². The Morgan fingerprint density at radius 1 is 1.13 bits per heavy atom. The van der Waals surface area contributed by atoms with Crippen molar-refractivity contribution in [2.24, 2.45) is 0 Å². The fraction of sp³-hybridized carbons (Fsp3) is 0.304. The molecule has 0 fully saturated rings. The van der Waals surface area contributed by atoms with E-state index in [4.69, 9.17) is 14.5 Å². The Hall–Kier alpha value is -3.48. The first-order chi connectivity index (χ1) is 14.7. The van der Waals surface area contributed by atoms with Gasteiger partial charge in [-0.3, -0.25) is 9.78 Å². The van der Waals surface area contributed by atoms with Crippen LogP contribution in [0.5, 0.6) is 11.5 Å². The first-order valence-corrected chi connectivity index (χ1v) is 9.94. The molecule has 1 aliphatic carbocycles. The van der Waals surface area contributed by atoms with Crippen molar-refractivity contribution in [3.8, 4) is 22.9 Å². The molecule has 0 saturated carbocycles. The second-order valence-corrected chi connectivity index (χ2v) is 7.21. The number of ether oxygens (including phenoxy) is 2. The zero-order chi connectivity index (χ0) is 20.9. The molecule has 0 bridgehead atoms. The van der Waals surface area contributed by atoms with Crippen LogP contribution in [0, 0.1) is 0 Å². The lowest BCUT2D eigenvalue weighted by atomic mass is 9.92. The maximum atomic E-state index is 12.7. The topological polar surface area (TPSA) is 86.2 Å². The molecule has 30 heavy (non-hydrogen) atoms. The van der Waals surface area contributed by atoms with Crippen LogP contribution in [0.4, 0.5) is 0 Å². The van der Waals surface area contributed by atoms with Crippen LogP contribution >= 0.6 is 0 Å².